The standard InChI is InChI=1S/C25H28N2O6/c1-15(23(28)27-21-11-13-32-22(21)24(29)30)10-12-26-25(31)33-14-20-18-8-4-2-6-16(18)17-7-3-5-9-19(17)20/h2-9,15,20-22H,10-14H2,1H3,(H,26,31)(H,27,28)(H,29,30). The van der Waals surface area contributed by atoms with Gasteiger partial charge in [0.05, 0.1) is 6.04 Å². The summed E-state index contributed by atoms with van der Waals surface area (Å²) in [7, 11) is 0. The molecular weight excluding hydrogens is 424 g/mol. The highest BCUT2D eigenvalue weighted by Crippen LogP contribution is 2.44. The highest BCUT2D eigenvalue weighted by atomic mass is 16.5. The van der Waals surface area contributed by atoms with Gasteiger partial charge in [-0.1, -0.05) is 55.5 Å². The predicted molar refractivity (Wildman–Crippen MR) is 121 cm³/mol. The molecule has 1 aliphatic carbocycles. The lowest BCUT2D eigenvalue weighted by molar-refractivity contribution is -0.148. The molecule has 3 unspecified atom stereocenters. The highest BCUT2D eigenvalue weighted by Gasteiger charge is 2.35. The molecular formula is C25H28N2O6. The van der Waals surface area contributed by atoms with Crippen molar-refractivity contribution >= 4 is 18.0 Å². The molecule has 8 heteroatoms. The van der Waals surface area contributed by atoms with Gasteiger partial charge in [0.2, 0.25) is 5.91 Å². The number of rotatable bonds is 8. The van der Waals surface area contributed by atoms with Gasteiger partial charge >= 0.3 is 12.1 Å². The van der Waals surface area contributed by atoms with Gasteiger partial charge in [-0.3, -0.25) is 4.79 Å². The van der Waals surface area contributed by atoms with Crippen molar-refractivity contribution in [3.8, 4) is 11.1 Å². The molecule has 2 amide bonds. The summed E-state index contributed by atoms with van der Waals surface area (Å²) in [6, 6.07) is 15.7. The molecule has 0 radical (unpaired) electrons. The fraction of sp³-hybridized carbons (Fsp3) is 0.400. The zero-order valence-corrected chi connectivity index (χ0v) is 18.5. The third kappa shape index (κ3) is 5.01. The van der Waals surface area contributed by atoms with Crippen molar-refractivity contribution in [3.63, 3.8) is 0 Å². The minimum atomic E-state index is -1.08. The number of carbonyl (C=O) groups excluding carboxylic acids is 2. The minimum absolute atomic E-state index is 0.0105. The monoisotopic (exact) mass is 452 g/mol. The van der Waals surface area contributed by atoms with E-state index in [4.69, 9.17) is 14.6 Å². The van der Waals surface area contributed by atoms with Crippen molar-refractivity contribution in [3.05, 3.63) is 59.7 Å². The minimum Gasteiger partial charge on any atom is -0.479 e. The lowest BCUT2D eigenvalue weighted by Gasteiger charge is -2.19. The summed E-state index contributed by atoms with van der Waals surface area (Å²) in [5.74, 6) is -1.74. The molecule has 2 aliphatic rings. The van der Waals surface area contributed by atoms with Gasteiger partial charge in [0.15, 0.2) is 6.10 Å². The number of hydrogen-bond donors (Lipinski definition) is 3. The van der Waals surface area contributed by atoms with Gasteiger partial charge in [-0.15, -0.1) is 0 Å². The van der Waals surface area contributed by atoms with E-state index >= 15 is 0 Å². The van der Waals surface area contributed by atoms with Gasteiger partial charge in [-0.05, 0) is 35.1 Å². The summed E-state index contributed by atoms with van der Waals surface area (Å²) in [6.07, 6.45) is -0.672. The first-order valence-electron chi connectivity index (χ1n) is 11.2. The molecule has 3 N–H and O–H groups in total. The van der Waals surface area contributed by atoms with Crippen LogP contribution in [0.4, 0.5) is 4.79 Å². The van der Waals surface area contributed by atoms with Crippen LogP contribution in [-0.4, -0.2) is 55.0 Å². The van der Waals surface area contributed by atoms with Crippen molar-refractivity contribution in [1.82, 2.24) is 10.6 Å². The van der Waals surface area contributed by atoms with E-state index in [1.54, 1.807) is 6.92 Å². The Morgan fingerprint density at radius 3 is 2.36 bits per heavy atom. The smallest absolute Gasteiger partial charge is 0.407 e. The molecule has 0 saturated carbocycles. The Kier molecular flexibility index (Phi) is 6.93. The Bertz CT molecular complexity index is 994. The van der Waals surface area contributed by atoms with E-state index in [1.807, 2.05) is 24.3 Å². The summed E-state index contributed by atoms with van der Waals surface area (Å²) in [6.45, 7) is 2.54. The Balaban J connectivity index is 1.23. The SMILES string of the molecule is CC(CCNC(=O)OCC1c2ccccc2-c2ccccc21)C(=O)NC1CCOC1C(=O)O. The summed E-state index contributed by atoms with van der Waals surface area (Å²) in [5, 5.41) is 14.6. The van der Waals surface area contributed by atoms with Crippen LogP contribution < -0.4 is 10.6 Å². The van der Waals surface area contributed by atoms with E-state index in [1.165, 1.54) is 11.1 Å². The zero-order valence-electron chi connectivity index (χ0n) is 18.5. The third-order valence-electron chi connectivity index (χ3n) is 6.30. The molecule has 1 heterocycles. The van der Waals surface area contributed by atoms with E-state index in [-0.39, 0.29) is 25.0 Å². The van der Waals surface area contributed by atoms with Crippen LogP contribution in [0.5, 0.6) is 0 Å². The lowest BCUT2D eigenvalue weighted by Crippen LogP contribution is -2.46. The second kappa shape index (κ2) is 10.0. The molecule has 0 bridgehead atoms. The number of amides is 2. The van der Waals surface area contributed by atoms with Crippen molar-refractivity contribution in [2.45, 2.75) is 37.8 Å². The van der Waals surface area contributed by atoms with Gasteiger partial charge in [0, 0.05) is 25.0 Å². The largest absolute Gasteiger partial charge is 0.479 e. The van der Waals surface area contributed by atoms with Crippen LogP contribution >= 0.6 is 0 Å². The fourth-order valence-electron chi connectivity index (χ4n) is 4.48. The first-order chi connectivity index (χ1) is 16.0. The number of carboxylic acids is 1. The van der Waals surface area contributed by atoms with Crippen LogP contribution in [0.25, 0.3) is 11.1 Å². The zero-order chi connectivity index (χ0) is 23.4. The van der Waals surface area contributed by atoms with E-state index in [2.05, 4.69) is 34.9 Å². The van der Waals surface area contributed by atoms with E-state index in [9.17, 15) is 14.4 Å². The Morgan fingerprint density at radius 2 is 1.73 bits per heavy atom. The van der Waals surface area contributed by atoms with Crippen molar-refractivity contribution in [2.24, 2.45) is 5.92 Å². The Morgan fingerprint density at radius 1 is 1.09 bits per heavy atom. The van der Waals surface area contributed by atoms with E-state index in [0.717, 1.165) is 11.1 Å². The van der Waals surface area contributed by atoms with Crippen LogP contribution in [0.3, 0.4) is 0 Å². The summed E-state index contributed by atoms with van der Waals surface area (Å²) >= 11 is 0. The average Bonchev–Trinajstić information content (AvgIpc) is 3.40. The van der Waals surface area contributed by atoms with Gasteiger partial charge in [0.1, 0.15) is 6.61 Å². The second-order valence-electron chi connectivity index (χ2n) is 8.48. The summed E-state index contributed by atoms with van der Waals surface area (Å²) in [4.78, 5) is 35.8. The molecule has 2 aromatic carbocycles. The molecule has 1 saturated heterocycles. The number of hydrogen-bond acceptors (Lipinski definition) is 5. The number of alkyl carbamates (subject to hydrolysis) is 1. The number of nitrogens with one attached hydrogen (secondary N) is 2. The van der Waals surface area contributed by atoms with Crippen molar-refractivity contribution in [1.29, 1.82) is 0 Å². The molecule has 1 fully saturated rings. The van der Waals surface area contributed by atoms with Crippen molar-refractivity contribution in [2.75, 3.05) is 19.8 Å². The number of fused-ring (bicyclic) bond motifs is 3. The molecule has 174 valence electrons. The van der Waals surface area contributed by atoms with Crippen LogP contribution in [0.1, 0.15) is 36.8 Å². The van der Waals surface area contributed by atoms with Crippen LogP contribution in [0, 0.1) is 5.92 Å². The summed E-state index contributed by atoms with van der Waals surface area (Å²) in [5.41, 5.74) is 4.62. The lowest BCUT2D eigenvalue weighted by atomic mass is 9.98. The van der Waals surface area contributed by atoms with Crippen LogP contribution in [-0.2, 0) is 19.1 Å². The van der Waals surface area contributed by atoms with Crippen molar-refractivity contribution < 1.29 is 29.0 Å². The topological polar surface area (TPSA) is 114 Å². The average molecular weight is 453 g/mol. The number of carbonyl (C=O) groups is 3. The third-order valence-corrected chi connectivity index (χ3v) is 6.30. The number of ether oxygens (including phenoxy) is 2. The molecule has 3 atom stereocenters. The number of aliphatic carboxylic acids is 1. The fourth-order valence-corrected chi connectivity index (χ4v) is 4.48. The molecule has 33 heavy (non-hydrogen) atoms. The quantitative estimate of drug-likeness (QED) is 0.568. The van der Waals surface area contributed by atoms with Gasteiger partial charge < -0.3 is 25.2 Å². The molecule has 0 aromatic heterocycles. The molecule has 2 aromatic rings. The van der Waals surface area contributed by atoms with E-state index in [0.29, 0.717) is 19.4 Å². The maximum atomic E-state index is 12.4. The number of carboxylic acid groups (broad SMARTS) is 1. The highest BCUT2D eigenvalue weighted by molar-refractivity contribution is 5.81. The Hall–Kier alpha value is -3.39. The molecule has 4 rings (SSSR count). The first kappa shape index (κ1) is 22.8. The molecule has 8 nitrogen and oxygen atoms in total. The van der Waals surface area contributed by atoms with Gasteiger partial charge in [0.25, 0.3) is 0 Å². The van der Waals surface area contributed by atoms with Crippen LogP contribution in [0.2, 0.25) is 0 Å². The Labute approximate surface area is 192 Å². The normalized spacial score (nSPS) is 19.9. The van der Waals surface area contributed by atoms with Gasteiger partial charge in [-0.2, -0.15) is 0 Å². The summed E-state index contributed by atoms with van der Waals surface area (Å²) < 4.78 is 10.6. The maximum absolute atomic E-state index is 12.4. The van der Waals surface area contributed by atoms with Crippen LogP contribution in [0.15, 0.2) is 48.5 Å². The number of benzene rings is 2. The first-order valence-corrected chi connectivity index (χ1v) is 11.2. The maximum Gasteiger partial charge on any atom is 0.407 e. The predicted octanol–water partition coefficient (Wildman–Crippen LogP) is 2.91. The second-order valence-corrected chi connectivity index (χ2v) is 8.48. The molecule has 1 aliphatic heterocycles. The van der Waals surface area contributed by atoms with Gasteiger partial charge in [-0.25, -0.2) is 9.59 Å². The van der Waals surface area contributed by atoms with E-state index < -0.39 is 30.1 Å². The molecule has 0 spiro atoms.